The first-order valence-electron chi connectivity index (χ1n) is 6.11. The first-order valence-corrected chi connectivity index (χ1v) is 7.51. The number of amides is 1. The molecule has 0 aliphatic heterocycles. The molecule has 22 heavy (non-hydrogen) atoms. The van der Waals surface area contributed by atoms with Gasteiger partial charge in [0, 0.05) is 6.08 Å². The predicted molar refractivity (Wildman–Crippen MR) is 81.3 cm³/mol. The molecule has 0 atom stereocenters. The fraction of sp³-hybridized carbons (Fsp3) is 0.308. The first kappa shape index (κ1) is 19.9. The van der Waals surface area contributed by atoms with Crippen molar-refractivity contribution in [3.63, 3.8) is 0 Å². The van der Waals surface area contributed by atoms with Gasteiger partial charge in [0.25, 0.3) is 5.91 Å². The molecule has 0 bridgehead atoms. The lowest BCUT2D eigenvalue weighted by Crippen LogP contribution is -2.09. The summed E-state index contributed by atoms with van der Waals surface area (Å²) in [6.07, 6.45) is 2.71. The van der Waals surface area contributed by atoms with Crippen LogP contribution in [0.4, 0.5) is 5.69 Å². The van der Waals surface area contributed by atoms with Crippen molar-refractivity contribution in [2.24, 2.45) is 0 Å². The summed E-state index contributed by atoms with van der Waals surface area (Å²) in [7, 11) is -3.09. The van der Waals surface area contributed by atoms with E-state index in [0.29, 0.717) is 18.0 Å². The molecule has 1 aromatic rings. The Labute approximate surface area is 129 Å². The van der Waals surface area contributed by atoms with Crippen molar-refractivity contribution < 1.29 is 31.8 Å². The Morgan fingerprint density at radius 3 is 2.45 bits per heavy atom. The van der Waals surface area contributed by atoms with Gasteiger partial charge in [-0.15, -0.1) is 0 Å². The van der Waals surface area contributed by atoms with Crippen LogP contribution in [0, 0.1) is 6.92 Å². The minimum Gasteiger partial charge on any atom is -0.501 e. The maximum atomic E-state index is 11.5. The van der Waals surface area contributed by atoms with Gasteiger partial charge in [-0.2, -0.15) is 8.42 Å². The maximum absolute atomic E-state index is 11.5. The summed E-state index contributed by atoms with van der Waals surface area (Å²) in [6.45, 7) is 4.31. The van der Waals surface area contributed by atoms with Crippen LogP contribution in [0.25, 0.3) is 0 Å². The Balaban J connectivity index is 0.000000763. The number of hydrogen-bond acceptors (Lipinski definition) is 5. The summed E-state index contributed by atoms with van der Waals surface area (Å²) in [5, 5.41) is 2.73. The third-order valence-electron chi connectivity index (χ3n) is 2.16. The van der Waals surface area contributed by atoms with E-state index >= 15 is 0 Å². The minimum atomic E-state index is -4.67. The van der Waals surface area contributed by atoms with Crippen molar-refractivity contribution in [1.29, 1.82) is 0 Å². The molecular formula is C13H19NO7S. The van der Waals surface area contributed by atoms with Crippen molar-refractivity contribution in [3.8, 4) is 5.75 Å². The molecule has 1 amide bonds. The van der Waals surface area contributed by atoms with Crippen LogP contribution in [0.1, 0.15) is 12.5 Å². The Hall–Kier alpha value is -2.10. The molecule has 0 spiro atoms. The van der Waals surface area contributed by atoms with Crippen LogP contribution in [0.5, 0.6) is 5.75 Å². The van der Waals surface area contributed by atoms with E-state index in [-0.39, 0.29) is 5.91 Å². The van der Waals surface area contributed by atoms with E-state index < -0.39 is 10.4 Å². The largest absolute Gasteiger partial charge is 0.501 e. The summed E-state index contributed by atoms with van der Waals surface area (Å²) in [4.78, 5) is 11.5. The molecule has 0 aromatic heterocycles. The zero-order chi connectivity index (χ0) is 17.2. The van der Waals surface area contributed by atoms with Gasteiger partial charge < -0.3 is 14.8 Å². The third-order valence-corrected chi connectivity index (χ3v) is 2.16. The van der Waals surface area contributed by atoms with Gasteiger partial charge in [-0.3, -0.25) is 13.9 Å². The van der Waals surface area contributed by atoms with Crippen LogP contribution in [0.2, 0.25) is 0 Å². The zero-order valence-electron chi connectivity index (χ0n) is 12.4. The lowest BCUT2D eigenvalue weighted by atomic mass is 10.2. The smallest absolute Gasteiger partial charge is 0.394 e. The summed E-state index contributed by atoms with van der Waals surface area (Å²) in [5.41, 5.74) is 1.62. The summed E-state index contributed by atoms with van der Waals surface area (Å²) < 4.78 is 41.8. The van der Waals surface area contributed by atoms with Gasteiger partial charge in [0.05, 0.1) is 25.7 Å². The molecule has 0 unspecified atom stereocenters. The van der Waals surface area contributed by atoms with Crippen molar-refractivity contribution >= 4 is 22.0 Å². The van der Waals surface area contributed by atoms with Gasteiger partial charge in [-0.05, 0) is 25.5 Å². The quantitative estimate of drug-likeness (QED) is 0.427. The van der Waals surface area contributed by atoms with E-state index in [1.54, 1.807) is 13.2 Å². The van der Waals surface area contributed by atoms with Gasteiger partial charge >= 0.3 is 10.4 Å². The molecule has 3 N–H and O–H groups in total. The highest BCUT2D eigenvalue weighted by molar-refractivity contribution is 7.79. The number of anilines is 1. The second-order valence-corrected chi connectivity index (χ2v) is 4.75. The van der Waals surface area contributed by atoms with Crippen molar-refractivity contribution in [3.05, 3.63) is 36.1 Å². The number of para-hydroxylation sites is 1. The Morgan fingerprint density at radius 2 is 1.95 bits per heavy atom. The van der Waals surface area contributed by atoms with E-state index in [9.17, 15) is 4.79 Å². The van der Waals surface area contributed by atoms with E-state index in [2.05, 4.69) is 5.32 Å². The Morgan fingerprint density at radius 1 is 1.36 bits per heavy atom. The SMILES string of the molecule is CCO/C=C/C(=O)Nc1cccc(C)c1OC.O=S(=O)(O)O. The van der Waals surface area contributed by atoms with E-state index in [4.69, 9.17) is 27.0 Å². The molecule has 0 saturated carbocycles. The number of aryl methyl sites for hydroxylation is 1. The molecule has 0 heterocycles. The Bertz CT molecular complexity index is 603. The average Bonchev–Trinajstić information content (AvgIpc) is 2.37. The van der Waals surface area contributed by atoms with Crippen LogP contribution in [-0.4, -0.2) is 37.1 Å². The fourth-order valence-corrected chi connectivity index (χ4v) is 1.40. The summed E-state index contributed by atoms with van der Waals surface area (Å²) in [6, 6.07) is 5.57. The number of nitrogens with one attached hydrogen (secondary N) is 1. The molecular weight excluding hydrogens is 314 g/mol. The molecule has 124 valence electrons. The number of carbonyl (C=O) groups excluding carboxylic acids is 1. The molecule has 0 fully saturated rings. The molecule has 0 aliphatic carbocycles. The molecule has 1 aromatic carbocycles. The first-order chi connectivity index (χ1) is 10.2. The molecule has 8 nitrogen and oxygen atoms in total. The lowest BCUT2D eigenvalue weighted by molar-refractivity contribution is -0.112. The van der Waals surface area contributed by atoms with E-state index in [1.165, 1.54) is 12.3 Å². The van der Waals surface area contributed by atoms with Crippen LogP contribution >= 0.6 is 0 Å². The number of methoxy groups -OCH3 is 1. The highest BCUT2D eigenvalue weighted by atomic mass is 32.3. The number of hydrogen-bond donors (Lipinski definition) is 3. The van der Waals surface area contributed by atoms with Crippen molar-refractivity contribution in [2.75, 3.05) is 19.0 Å². The highest BCUT2D eigenvalue weighted by Crippen LogP contribution is 2.27. The summed E-state index contributed by atoms with van der Waals surface area (Å²) in [5.74, 6) is 0.424. The second-order valence-electron chi connectivity index (χ2n) is 3.85. The van der Waals surface area contributed by atoms with Crippen LogP contribution in [0.3, 0.4) is 0 Å². The third kappa shape index (κ3) is 9.75. The predicted octanol–water partition coefficient (Wildman–Crippen LogP) is 1.84. The summed E-state index contributed by atoms with van der Waals surface area (Å²) >= 11 is 0. The van der Waals surface area contributed by atoms with E-state index in [0.717, 1.165) is 5.56 Å². The minimum absolute atomic E-state index is 0.248. The molecule has 1 rings (SSSR count). The number of rotatable bonds is 5. The zero-order valence-corrected chi connectivity index (χ0v) is 13.3. The van der Waals surface area contributed by atoms with Crippen molar-refractivity contribution in [2.45, 2.75) is 13.8 Å². The molecule has 9 heteroatoms. The Kier molecular flexibility index (Phi) is 8.83. The van der Waals surface area contributed by atoms with Gasteiger partial charge in [0.1, 0.15) is 5.75 Å². The van der Waals surface area contributed by atoms with Gasteiger partial charge in [-0.25, -0.2) is 0 Å². The molecule has 0 aliphatic rings. The molecule has 0 radical (unpaired) electrons. The standard InChI is InChI=1S/C13H17NO3.H2O4S/c1-4-17-9-8-12(15)14-11-7-5-6-10(2)13(11)16-3;1-5(2,3)4/h5-9H,4H2,1-3H3,(H,14,15);(H2,1,2,3,4)/b9-8+;. The lowest BCUT2D eigenvalue weighted by Gasteiger charge is -2.10. The van der Waals surface area contributed by atoms with E-state index in [1.807, 2.05) is 26.0 Å². The number of benzene rings is 1. The second kappa shape index (κ2) is 9.77. The van der Waals surface area contributed by atoms with Gasteiger partial charge in [0.15, 0.2) is 0 Å². The topological polar surface area (TPSA) is 122 Å². The number of ether oxygens (including phenoxy) is 2. The van der Waals surface area contributed by atoms with Crippen LogP contribution in [0.15, 0.2) is 30.5 Å². The fourth-order valence-electron chi connectivity index (χ4n) is 1.40. The van der Waals surface area contributed by atoms with Gasteiger partial charge in [0.2, 0.25) is 0 Å². The number of carbonyl (C=O) groups is 1. The normalized spacial score (nSPS) is 10.6. The average molecular weight is 333 g/mol. The maximum Gasteiger partial charge on any atom is 0.394 e. The monoisotopic (exact) mass is 333 g/mol. The van der Waals surface area contributed by atoms with Gasteiger partial charge in [-0.1, -0.05) is 12.1 Å². The molecule has 0 saturated heterocycles. The van der Waals surface area contributed by atoms with Crippen molar-refractivity contribution in [1.82, 2.24) is 0 Å². The highest BCUT2D eigenvalue weighted by Gasteiger charge is 2.07. The van der Waals surface area contributed by atoms with Crippen LogP contribution < -0.4 is 10.1 Å². The van der Waals surface area contributed by atoms with Crippen LogP contribution in [-0.2, 0) is 19.9 Å².